The maximum atomic E-state index is 12.3. The van der Waals surface area contributed by atoms with Crippen molar-refractivity contribution < 1.29 is 9.53 Å². The van der Waals surface area contributed by atoms with E-state index in [-0.39, 0.29) is 6.03 Å². The number of urea groups is 1. The molecule has 3 aromatic rings. The van der Waals surface area contributed by atoms with Gasteiger partial charge in [0, 0.05) is 37.2 Å². The molecule has 0 aliphatic rings. The Bertz CT molecular complexity index is 855. The van der Waals surface area contributed by atoms with Crippen molar-refractivity contribution in [2.45, 2.75) is 19.9 Å². The molecule has 0 saturated carbocycles. The smallest absolute Gasteiger partial charge is 0.317 e. The lowest BCUT2D eigenvalue weighted by molar-refractivity contribution is 0.207. The first-order valence-electron chi connectivity index (χ1n) is 8.93. The van der Waals surface area contributed by atoms with E-state index in [9.17, 15) is 4.79 Å². The number of nitrogens with one attached hydrogen (secondary N) is 2. The molecule has 0 unspecified atom stereocenters. The first-order chi connectivity index (χ1) is 12.7. The summed E-state index contributed by atoms with van der Waals surface area (Å²) in [5, 5.41) is 4.20. The number of rotatable bonds is 7. The average molecular weight is 351 g/mol. The second kappa shape index (κ2) is 8.43. The number of benzene rings is 2. The molecule has 0 radical (unpaired) electrons. The fourth-order valence-electron chi connectivity index (χ4n) is 2.98. The SMILES string of the molecule is CCOc1ccc(CN(C)C(=O)NCCc2c[nH]c3ccccc23)cc1. The van der Waals surface area contributed by atoms with Crippen LogP contribution < -0.4 is 10.1 Å². The molecule has 0 fully saturated rings. The van der Waals surface area contributed by atoms with Crippen molar-refractivity contribution in [1.82, 2.24) is 15.2 Å². The summed E-state index contributed by atoms with van der Waals surface area (Å²) in [5.74, 6) is 0.849. The number of ether oxygens (including phenoxy) is 1. The minimum absolute atomic E-state index is 0.0706. The molecule has 136 valence electrons. The summed E-state index contributed by atoms with van der Waals surface area (Å²) in [4.78, 5) is 17.2. The number of aromatic amines is 1. The van der Waals surface area contributed by atoms with E-state index in [2.05, 4.69) is 22.4 Å². The van der Waals surface area contributed by atoms with Gasteiger partial charge < -0.3 is 19.9 Å². The number of carbonyl (C=O) groups excluding carboxylic acids is 1. The lowest BCUT2D eigenvalue weighted by Crippen LogP contribution is -2.37. The van der Waals surface area contributed by atoms with Gasteiger partial charge in [0.15, 0.2) is 0 Å². The van der Waals surface area contributed by atoms with Crippen molar-refractivity contribution in [1.29, 1.82) is 0 Å². The molecule has 0 aliphatic carbocycles. The van der Waals surface area contributed by atoms with E-state index >= 15 is 0 Å². The Labute approximate surface area is 154 Å². The maximum Gasteiger partial charge on any atom is 0.317 e. The quantitative estimate of drug-likeness (QED) is 0.677. The average Bonchev–Trinajstić information content (AvgIpc) is 3.07. The first-order valence-corrected chi connectivity index (χ1v) is 8.93. The minimum Gasteiger partial charge on any atom is -0.494 e. The number of nitrogens with zero attached hydrogens (tertiary/aromatic N) is 1. The lowest BCUT2D eigenvalue weighted by atomic mass is 10.1. The zero-order valence-corrected chi connectivity index (χ0v) is 15.3. The van der Waals surface area contributed by atoms with Crippen molar-refractivity contribution in [2.24, 2.45) is 0 Å². The Morgan fingerprint density at radius 2 is 1.92 bits per heavy atom. The number of hydrogen-bond acceptors (Lipinski definition) is 2. The van der Waals surface area contributed by atoms with Crippen LogP contribution in [0.3, 0.4) is 0 Å². The van der Waals surface area contributed by atoms with E-state index in [0.29, 0.717) is 19.7 Å². The van der Waals surface area contributed by atoms with Gasteiger partial charge in [0.25, 0.3) is 0 Å². The van der Waals surface area contributed by atoms with Crippen molar-refractivity contribution >= 4 is 16.9 Å². The van der Waals surface area contributed by atoms with E-state index in [1.165, 1.54) is 10.9 Å². The summed E-state index contributed by atoms with van der Waals surface area (Å²) in [6, 6.07) is 16.0. The van der Waals surface area contributed by atoms with Gasteiger partial charge in [0.1, 0.15) is 5.75 Å². The number of aromatic nitrogens is 1. The van der Waals surface area contributed by atoms with Gasteiger partial charge in [0.05, 0.1) is 6.61 Å². The second-order valence-corrected chi connectivity index (χ2v) is 6.27. The Balaban J connectivity index is 1.48. The Kier molecular flexibility index (Phi) is 5.79. The summed E-state index contributed by atoms with van der Waals surface area (Å²) in [6.45, 7) is 3.78. The summed E-state index contributed by atoms with van der Waals surface area (Å²) < 4.78 is 5.44. The molecule has 0 aliphatic heterocycles. The van der Waals surface area contributed by atoms with Crippen LogP contribution in [-0.2, 0) is 13.0 Å². The molecule has 0 spiro atoms. The number of fused-ring (bicyclic) bond motifs is 1. The zero-order chi connectivity index (χ0) is 18.4. The molecule has 26 heavy (non-hydrogen) atoms. The zero-order valence-electron chi connectivity index (χ0n) is 15.3. The molecule has 2 amide bonds. The number of hydrogen-bond donors (Lipinski definition) is 2. The third kappa shape index (κ3) is 4.36. The van der Waals surface area contributed by atoms with E-state index in [4.69, 9.17) is 4.74 Å². The molecule has 3 rings (SSSR count). The topological polar surface area (TPSA) is 57.4 Å². The molecule has 0 atom stereocenters. The van der Waals surface area contributed by atoms with Gasteiger partial charge in [0.2, 0.25) is 0 Å². The van der Waals surface area contributed by atoms with Gasteiger partial charge in [-0.05, 0) is 42.7 Å². The number of amides is 2. The predicted octanol–water partition coefficient (Wildman–Crippen LogP) is 3.95. The van der Waals surface area contributed by atoms with Gasteiger partial charge in [-0.15, -0.1) is 0 Å². The number of H-pyrrole nitrogens is 1. The lowest BCUT2D eigenvalue weighted by Gasteiger charge is -2.18. The van der Waals surface area contributed by atoms with Gasteiger partial charge in [-0.25, -0.2) is 4.79 Å². The first kappa shape index (κ1) is 17.9. The highest BCUT2D eigenvalue weighted by molar-refractivity contribution is 5.83. The van der Waals surface area contributed by atoms with Gasteiger partial charge >= 0.3 is 6.03 Å². The third-order valence-electron chi connectivity index (χ3n) is 4.35. The third-order valence-corrected chi connectivity index (χ3v) is 4.35. The number of para-hydroxylation sites is 1. The van der Waals surface area contributed by atoms with Crippen LogP contribution >= 0.6 is 0 Å². The molecule has 1 heterocycles. The van der Waals surface area contributed by atoms with Crippen LogP contribution in [0.4, 0.5) is 4.79 Å². The van der Waals surface area contributed by atoms with Crippen LogP contribution in [0.1, 0.15) is 18.1 Å². The second-order valence-electron chi connectivity index (χ2n) is 6.27. The summed E-state index contributed by atoms with van der Waals surface area (Å²) >= 11 is 0. The predicted molar refractivity (Wildman–Crippen MR) is 104 cm³/mol. The molecular formula is C21H25N3O2. The molecule has 1 aromatic heterocycles. The van der Waals surface area contributed by atoms with Crippen molar-refractivity contribution in [3.05, 3.63) is 65.9 Å². The van der Waals surface area contributed by atoms with Crippen molar-refractivity contribution in [2.75, 3.05) is 20.2 Å². The van der Waals surface area contributed by atoms with Gasteiger partial charge in [-0.1, -0.05) is 30.3 Å². The summed E-state index contributed by atoms with van der Waals surface area (Å²) in [5.41, 5.74) is 3.42. The molecule has 0 bridgehead atoms. The molecule has 5 heteroatoms. The highest BCUT2D eigenvalue weighted by atomic mass is 16.5. The standard InChI is InChI=1S/C21H25N3O2/c1-3-26-18-10-8-16(9-11-18)15-24(2)21(25)22-13-12-17-14-23-20-7-5-4-6-19(17)20/h4-11,14,23H,3,12-13,15H2,1-2H3,(H,22,25). The normalized spacial score (nSPS) is 10.7. The monoisotopic (exact) mass is 351 g/mol. The van der Waals surface area contributed by atoms with E-state index in [1.54, 1.807) is 11.9 Å². The van der Waals surface area contributed by atoms with Crippen LogP contribution in [0.5, 0.6) is 5.75 Å². The Morgan fingerprint density at radius 1 is 1.15 bits per heavy atom. The maximum absolute atomic E-state index is 12.3. The highest BCUT2D eigenvalue weighted by Gasteiger charge is 2.09. The van der Waals surface area contributed by atoms with Gasteiger partial charge in [-0.2, -0.15) is 0 Å². The van der Waals surface area contributed by atoms with Crippen LogP contribution in [0.15, 0.2) is 54.7 Å². The Hall–Kier alpha value is -2.95. The van der Waals surface area contributed by atoms with Crippen molar-refractivity contribution in [3.63, 3.8) is 0 Å². The van der Waals surface area contributed by atoms with Crippen LogP contribution in [0.2, 0.25) is 0 Å². The molecule has 0 saturated heterocycles. The van der Waals surface area contributed by atoms with Gasteiger partial charge in [-0.3, -0.25) is 0 Å². The van der Waals surface area contributed by atoms with Crippen LogP contribution in [0.25, 0.3) is 10.9 Å². The molecule has 2 N–H and O–H groups in total. The van der Waals surface area contributed by atoms with E-state index in [0.717, 1.165) is 23.3 Å². The van der Waals surface area contributed by atoms with E-state index in [1.807, 2.05) is 49.5 Å². The fraction of sp³-hybridized carbons (Fsp3) is 0.286. The summed E-state index contributed by atoms with van der Waals surface area (Å²) in [6.07, 6.45) is 2.81. The molecular weight excluding hydrogens is 326 g/mol. The fourth-order valence-corrected chi connectivity index (χ4v) is 2.98. The van der Waals surface area contributed by atoms with Crippen LogP contribution in [-0.4, -0.2) is 36.1 Å². The van der Waals surface area contributed by atoms with E-state index < -0.39 is 0 Å². The highest BCUT2D eigenvalue weighted by Crippen LogP contribution is 2.17. The largest absolute Gasteiger partial charge is 0.494 e. The summed E-state index contributed by atoms with van der Waals surface area (Å²) in [7, 11) is 1.80. The Morgan fingerprint density at radius 3 is 2.69 bits per heavy atom. The molecule has 5 nitrogen and oxygen atoms in total. The van der Waals surface area contributed by atoms with Crippen LogP contribution in [0, 0.1) is 0 Å². The van der Waals surface area contributed by atoms with Crippen molar-refractivity contribution in [3.8, 4) is 5.75 Å². The number of carbonyl (C=O) groups is 1. The minimum atomic E-state index is -0.0706. The molecule has 2 aromatic carbocycles.